The fraction of sp³-hybridized carbons (Fsp3) is 0.471. The number of hydrogen-bond acceptors (Lipinski definition) is 5. The summed E-state index contributed by atoms with van der Waals surface area (Å²) >= 11 is 0. The van der Waals surface area contributed by atoms with Crippen LogP contribution in [0.5, 0.6) is 0 Å². The molecule has 1 N–H and O–H groups in total. The number of alkyl halides is 2. The van der Waals surface area contributed by atoms with Crippen molar-refractivity contribution in [2.24, 2.45) is 0 Å². The van der Waals surface area contributed by atoms with Crippen LogP contribution in [0.2, 0.25) is 0 Å². The third kappa shape index (κ3) is 3.94. The fourth-order valence-electron chi connectivity index (χ4n) is 2.43. The third-order valence-electron chi connectivity index (χ3n) is 4.44. The van der Waals surface area contributed by atoms with Crippen LogP contribution in [0, 0.1) is 0 Å². The largest absolute Gasteiger partial charge is 0.382 e. The fourth-order valence-corrected chi connectivity index (χ4v) is 4.64. The molecule has 27 heavy (non-hydrogen) atoms. The second kappa shape index (κ2) is 7.71. The summed E-state index contributed by atoms with van der Waals surface area (Å²) in [6.45, 7) is 5.38. The molecule has 1 aliphatic carbocycles. The highest BCUT2D eigenvalue weighted by atomic mass is 32.2. The van der Waals surface area contributed by atoms with Crippen molar-refractivity contribution in [3.05, 3.63) is 54.5 Å². The smallest absolute Gasteiger partial charge is 0.324 e. The zero-order valence-electron chi connectivity index (χ0n) is 15.1. The van der Waals surface area contributed by atoms with Crippen LogP contribution in [0.15, 0.2) is 54.5 Å². The van der Waals surface area contributed by atoms with Crippen molar-refractivity contribution in [3.8, 4) is 0 Å². The van der Waals surface area contributed by atoms with Crippen LogP contribution in [0.1, 0.15) is 33.6 Å². The van der Waals surface area contributed by atoms with Gasteiger partial charge < -0.3 is 4.18 Å². The number of allylic oxidation sites excluding steroid dienone is 4. The molecule has 0 amide bonds. The molecule has 152 valence electrons. The van der Waals surface area contributed by atoms with Crippen molar-refractivity contribution in [2.45, 2.75) is 49.0 Å². The average molecular weight is 424 g/mol. The Hall–Kier alpha value is -1.74. The van der Waals surface area contributed by atoms with Crippen molar-refractivity contribution in [1.82, 2.24) is 0 Å². The maximum atomic E-state index is 15.3. The summed E-state index contributed by atoms with van der Waals surface area (Å²) in [6, 6.07) is 0. The first-order valence-corrected chi connectivity index (χ1v) is 10.8. The lowest BCUT2D eigenvalue weighted by Gasteiger charge is -2.42. The van der Waals surface area contributed by atoms with Crippen molar-refractivity contribution in [1.29, 1.82) is 0 Å². The van der Waals surface area contributed by atoms with E-state index in [4.69, 9.17) is 4.18 Å². The molecule has 0 fully saturated rings. The van der Waals surface area contributed by atoms with Crippen LogP contribution in [0.3, 0.4) is 0 Å². The van der Waals surface area contributed by atoms with Crippen LogP contribution >= 0.6 is 0 Å². The zero-order chi connectivity index (χ0) is 21.1. The molecule has 0 saturated heterocycles. The van der Waals surface area contributed by atoms with E-state index in [0.717, 1.165) is 6.92 Å². The molecule has 0 aromatic carbocycles. The maximum Gasteiger partial charge on any atom is 0.324 e. The van der Waals surface area contributed by atoms with Gasteiger partial charge in [-0.1, -0.05) is 19.1 Å². The predicted octanol–water partition coefficient (Wildman–Crippen LogP) is 3.52. The molecule has 0 aliphatic heterocycles. The minimum Gasteiger partial charge on any atom is -0.382 e. The summed E-state index contributed by atoms with van der Waals surface area (Å²) < 4.78 is 87.2. The van der Waals surface area contributed by atoms with E-state index in [1.165, 1.54) is 24.3 Å². The Labute approximate surface area is 158 Å². The van der Waals surface area contributed by atoms with E-state index in [0.29, 0.717) is 26.3 Å². The monoisotopic (exact) mass is 424 g/mol. The lowest BCUT2D eigenvalue weighted by Crippen LogP contribution is -2.64. The Bertz CT molecular complexity index is 920. The van der Waals surface area contributed by atoms with Gasteiger partial charge in [0.2, 0.25) is 0 Å². The van der Waals surface area contributed by atoms with E-state index in [2.05, 4.69) is 12.3 Å². The van der Waals surface area contributed by atoms with Crippen LogP contribution in [-0.2, 0) is 24.4 Å². The van der Waals surface area contributed by atoms with E-state index in [9.17, 15) is 21.4 Å². The molecular formula is C17H22F2O6S2. The first kappa shape index (κ1) is 23.3. The average Bonchev–Trinajstić information content (AvgIpc) is 2.49. The molecule has 10 heteroatoms. The van der Waals surface area contributed by atoms with E-state index < -0.39 is 42.1 Å². The van der Waals surface area contributed by atoms with Crippen LogP contribution < -0.4 is 0 Å². The van der Waals surface area contributed by atoms with Gasteiger partial charge in [0.1, 0.15) is 5.76 Å². The van der Waals surface area contributed by atoms with E-state index in [1.54, 1.807) is 6.08 Å². The molecule has 0 heterocycles. The molecule has 0 aromatic rings. The maximum absolute atomic E-state index is 15.3. The van der Waals surface area contributed by atoms with E-state index >= 15 is 8.78 Å². The lowest BCUT2D eigenvalue weighted by molar-refractivity contribution is -0.0630. The van der Waals surface area contributed by atoms with Crippen LogP contribution in [-0.4, -0.2) is 36.8 Å². The second-order valence-electron chi connectivity index (χ2n) is 6.29. The summed E-state index contributed by atoms with van der Waals surface area (Å²) in [5, 5.41) is 0. The van der Waals surface area contributed by atoms with Crippen molar-refractivity contribution in [2.75, 3.05) is 0 Å². The van der Waals surface area contributed by atoms with Gasteiger partial charge in [-0.25, -0.2) is 8.78 Å². The standard InChI is InChI=1S/C17H22F2O6S2/c1-5-16(6-2,17(18,19)15(3,4)26(20,21)22)27(23,24)25-14-12-10-8-7-9-11-13-14/h5,7,10-13H,1,6,8H2,2-4H3,(H,20,21,22). The first-order chi connectivity index (χ1) is 12.2. The van der Waals surface area contributed by atoms with Gasteiger partial charge in [-0.2, -0.15) is 16.8 Å². The number of halogens is 2. The summed E-state index contributed by atoms with van der Waals surface area (Å²) in [5.74, 6) is -4.74. The molecule has 0 bridgehead atoms. The number of rotatable bonds is 8. The molecule has 1 rings (SSSR count). The topological polar surface area (TPSA) is 97.7 Å². The summed E-state index contributed by atoms with van der Waals surface area (Å²) in [5.41, 5.74) is 2.71. The molecule has 1 atom stereocenters. The highest BCUT2D eigenvalue weighted by Gasteiger charge is 2.71. The van der Waals surface area contributed by atoms with Gasteiger partial charge in [-0.15, -0.1) is 12.3 Å². The molecule has 0 saturated carbocycles. The van der Waals surface area contributed by atoms with Crippen molar-refractivity contribution < 1.29 is 34.4 Å². The molecule has 1 aliphatic rings. The highest BCUT2D eigenvalue weighted by Crippen LogP contribution is 2.50. The quantitative estimate of drug-likeness (QED) is 0.277. The normalized spacial score (nSPS) is 18.2. The van der Waals surface area contributed by atoms with Crippen molar-refractivity contribution in [3.63, 3.8) is 0 Å². The van der Waals surface area contributed by atoms with Gasteiger partial charge >= 0.3 is 10.1 Å². The second-order valence-corrected chi connectivity index (χ2v) is 10.1. The lowest BCUT2D eigenvalue weighted by atomic mass is 9.88. The number of hydrogen-bond donors (Lipinski definition) is 1. The highest BCUT2D eigenvalue weighted by molar-refractivity contribution is 7.89. The Morgan fingerprint density at radius 2 is 1.93 bits per heavy atom. The van der Waals surface area contributed by atoms with Gasteiger partial charge in [0.05, 0.1) is 0 Å². The van der Waals surface area contributed by atoms with Gasteiger partial charge in [-0.3, -0.25) is 4.55 Å². The Morgan fingerprint density at radius 1 is 1.33 bits per heavy atom. The Balaban J connectivity index is 3.61. The molecule has 0 spiro atoms. The molecule has 1 unspecified atom stereocenters. The third-order valence-corrected chi connectivity index (χ3v) is 8.00. The van der Waals surface area contributed by atoms with Crippen LogP contribution in [0.4, 0.5) is 8.78 Å². The van der Waals surface area contributed by atoms with Crippen LogP contribution in [0.25, 0.3) is 0 Å². The zero-order valence-corrected chi connectivity index (χ0v) is 16.8. The minimum atomic E-state index is -5.33. The Kier molecular flexibility index (Phi) is 6.65. The summed E-state index contributed by atoms with van der Waals surface area (Å²) in [6.07, 6.45) is 7.12. The summed E-state index contributed by atoms with van der Waals surface area (Å²) in [4.78, 5) is 0. The minimum absolute atomic E-state index is 0.254. The molecule has 0 aromatic heterocycles. The SMILES string of the molecule is C=CC(CC)(C(F)(F)C(C)(C)S(=O)(=O)O)S(=O)(=O)OC1=CC=C=CCC=C1. The molecule has 6 nitrogen and oxygen atoms in total. The van der Waals surface area contributed by atoms with Gasteiger partial charge in [0.15, 0.2) is 9.49 Å². The Morgan fingerprint density at radius 3 is 2.41 bits per heavy atom. The first-order valence-electron chi connectivity index (χ1n) is 7.90. The predicted molar refractivity (Wildman–Crippen MR) is 98.3 cm³/mol. The van der Waals surface area contributed by atoms with Gasteiger partial charge in [0.25, 0.3) is 16.0 Å². The molecular weight excluding hydrogens is 402 g/mol. The van der Waals surface area contributed by atoms with E-state index in [1.807, 2.05) is 0 Å². The summed E-state index contributed by atoms with van der Waals surface area (Å²) in [7, 11) is -10.5. The van der Waals surface area contributed by atoms with Gasteiger partial charge in [0, 0.05) is 0 Å². The van der Waals surface area contributed by atoms with E-state index in [-0.39, 0.29) is 5.76 Å². The van der Waals surface area contributed by atoms with Crippen molar-refractivity contribution >= 4 is 20.2 Å². The molecule has 0 radical (unpaired) electrons. The van der Waals surface area contributed by atoms with Gasteiger partial charge in [-0.05, 0) is 51.0 Å².